The minimum Gasteiger partial charge on any atom is -0.303 e. The molecule has 0 bridgehead atoms. The highest BCUT2D eigenvalue weighted by Crippen LogP contribution is 2.04. The summed E-state index contributed by atoms with van der Waals surface area (Å²) in [6, 6.07) is 9.28. The number of hydrazone groups is 1. The summed E-state index contributed by atoms with van der Waals surface area (Å²) in [7, 11) is 3.69. The number of nitrogens with zero attached hydrogens (tertiary/aromatic N) is 2. The molecule has 0 N–H and O–H groups in total. The first-order chi connectivity index (χ1) is 7.09. The van der Waals surface area contributed by atoms with Gasteiger partial charge in [0.2, 0.25) is 0 Å². The maximum atomic E-state index is 11.7. The second-order valence-electron chi connectivity index (χ2n) is 3.65. The van der Waals surface area contributed by atoms with Gasteiger partial charge in [-0.25, -0.2) is 0 Å². The van der Waals surface area contributed by atoms with Crippen LogP contribution in [0.15, 0.2) is 35.4 Å². The number of rotatable bonds is 4. The largest absolute Gasteiger partial charge is 0.303 e. The molecule has 0 aliphatic rings. The van der Waals surface area contributed by atoms with Crippen LogP contribution < -0.4 is 0 Å². The van der Waals surface area contributed by atoms with Crippen molar-refractivity contribution in [3.05, 3.63) is 35.9 Å². The quantitative estimate of drug-likeness (QED) is 0.428. The third-order valence-corrected chi connectivity index (χ3v) is 1.88. The van der Waals surface area contributed by atoms with E-state index < -0.39 is 0 Å². The Morgan fingerprint density at radius 3 is 2.40 bits per heavy atom. The number of hydrogen-bond donors (Lipinski definition) is 0. The van der Waals surface area contributed by atoms with Crippen LogP contribution in [0.25, 0.3) is 0 Å². The standard InChI is InChI=1S/C12H16N2O/c1-10(13-14(2)3)9-12(15)11-7-5-4-6-8-11/h4-8H,9H2,1-3H3. The van der Waals surface area contributed by atoms with Crippen LogP contribution in [0.3, 0.4) is 0 Å². The number of carbonyl (C=O) groups excluding carboxylic acids is 1. The number of benzene rings is 1. The van der Waals surface area contributed by atoms with Crippen molar-refractivity contribution in [3.8, 4) is 0 Å². The zero-order chi connectivity index (χ0) is 11.3. The third-order valence-electron chi connectivity index (χ3n) is 1.88. The fraction of sp³-hybridized carbons (Fsp3) is 0.333. The summed E-state index contributed by atoms with van der Waals surface area (Å²) in [6.07, 6.45) is 0.377. The second-order valence-corrected chi connectivity index (χ2v) is 3.65. The van der Waals surface area contributed by atoms with E-state index in [4.69, 9.17) is 0 Å². The number of carbonyl (C=O) groups is 1. The van der Waals surface area contributed by atoms with Crippen molar-refractivity contribution >= 4 is 11.5 Å². The molecule has 0 aliphatic carbocycles. The summed E-state index contributed by atoms with van der Waals surface area (Å²) >= 11 is 0. The Labute approximate surface area is 90.4 Å². The zero-order valence-corrected chi connectivity index (χ0v) is 9.40. The van der Waals surface area contributed by atoms with Gasteiger partial charge in [0.05, 0.1) is 6.42 Å². The van der Waals surface area contributed by atoms with Gasteiger partial charge in [0.25, 0.3) is 0 Å². The minimum atomic E-state index is 0.110. The Balaban J connectivity index is 2.65. The minimum absolute atomic E-state index is 0.110. The van der Waals surface area contributed by atoms with Crippen LogP contribution in [0.5, 0.6) is 0 Å². The van der Waals surface area contributed by atoms with E-state index in [1.165, 1.54) is 0 Å². The lowest BCUT2D eigenvalue weighted by atomic mass is 10.1. The van der Waals surface area contributed by atoms with Gasteiger partial charge < -0.3 is 5.01 Å². The first-order valence-electron chi connectivity index (χ1n) is 4.89. The molecule has 0 saturated carbocycles. The van der Waals surface area contributed by atoms with Crippen LogP contribution >= 0.6 is 0 Å². The number of Topliss-reactive ketones (excluding diaryl/α,β-unsaturated/α-hetero) is 1. The molecule has 1 rings (SSSR count). The summed E-state index contributed by atoms with van der Waals surface area (Å²) < 4.78 is 0. The smallest absolute Gasteiger partial charge is 0.168 e. The average molecular weight is 204 g/mol. The van der Waals surface area contributed by atoms with E-state index >= 15 is 0 Å². The molecule has 0 amide bonds. The van der Waals surface area contributed by atoms with Gasteiger partial charge in [0.15, 0.2) is 5.78 Å². The van der Waals surface area contributed by atoms with Gasteiger partial charge >= 0.3 is 0 Å². The molecule has 0 saturated heterocycles. The molecule has 0 heterocycles. The fourth-order valence-corrected chi connectivity index (χ4v) is 1.34. The molecule has 0 radical (unpaired) electrons. The molecule has 0 atom stereocenters. The van der Waals surface area contributed by atoms with Gasteiger partial charge in [0.1, 0.15) is 0 Å². The molecule has 15 heavy (non-hydrogen) atoms. The van der Waals surface area contributed by atoms with Crippen LogP contribution in [-0.2, 0) is 0 Å². The lowest BCUT2D eigenvalue weighted by Crippen LogP contribution is -2.10. The van der Waals surface area contributed by atoms with Crippen molar-refractivity contribution in [3.63, 3.8) is 0 Å². The Bertz CT molecular complexity index is 355. The maximum absolute atomic E-state index is 11.7. The normalized spacial score (nSPS) is 11.3. The van der Waals surface area contributed by atoms with E-state index in [0.29, 0.717) is 6.42 Å². The number of hydrogen-bond acceptors (Lipinski definition) is 3. The van der Waals surface area contributed by atoms with E-state index in [-0.39, 0.29) is 5.78 Å². The predicted molar refractivity (Wildman–Crippen MR) is 62.2 cm³/mol. The van der Waals surface area contributed by atoms with Gasteiger partial charge in [-0.05, 0) is 6.92 Å². The van der Waals surface area contributed by atoms with Crippen LogP contribution in [0.2, 0.25) is 0 Å². The van der Waals surface area contributed by atoms with E-state index in [2.05, 4.69) is 5.10 Å². The van der Waals surface area contributed by atoms with Gasteiger partial charge in [-0.2, -0.15) is 5.10 Å². The summed E-state index contributed by atoms with van der Waals surface area (Å²) in [5.41, 5.74) is 1.57. The number of ketones is 1. The molecular formula is C12H16N2O. The fourth-order valence-electron chi connectivity index (χ4n) is 1.34. The third kappa shape index (κ3) is 3.94. The molecule has 0 aliphatic heterocycles. The highest BCUT2D eigenvalue weighted by molar-refractivity contribution is 6.08. The van der Waals surface area contributed by atoms with Crippen LogP contribution in [0, 0.1) is 0 Å². The molecule has 0 fully saturated rings. The van der Waals surface area contributed by atoms with Gasteiger partial charge in [-0.3, -0.25) is 4.79 Å². The van der Waals surface area contributed by atoms with Crippen molar-refractivity contribution in [2.24, 2.45) is 5.10 Å². The van der Waals surface area contributed by atoms with Crippen molar-refractivity contribution in [2.75, 3.05) is 14.1 Å². The van der Waals surface area contributed by atoms with Crippen LogP contribution in [0.4, 0.5) is 0 Å². The Morgan fingerprint density at radius 1 is 1.27 bits per heavy atom. The molecule has 1 aromatic carbocycles. The zero-order valence-electron chi connectivity index (χ0n) is 9.40. The Kier molecular flexibility index (Phi) is 4.03. The molecule has 3 nitrogen and oxygen atoms in total. The van der Waals surface area contributed by atoms with Gasteiger partial charge in [0, 0.05) is 25.4 Å². The summed E-state index contributed by atoms with van der Waals surface area (Å²) in [4.78, 5) is 11.7. The molecule has 0 unspecified atom stereocenters. The van der Waals surface area contributed by atoms with Crippen molar-refractivity contribution in [1.29, 1.82) is 0 Å². The maximum Gasteiger partial charge on any atom is 0.168 e. The molecule has 3 heteroatoms. The van der Waals surface area contributed by atoms with Crippen LogP contribution in [0.1, 0.15) is 23.7 Å². The first-order valence-corrected chi connectivity index (χ1v) is 4.89. The van der Waals surface area contributed by atoms with Crippen molar-refractivity contribution < 1.29 is 4.79 Å². The molecule has 1 aromatic rings. The lowest BCUT2D eigenvalue weighted by Gasteiger charge is -2.06. The summed E-state index contributed by atoms with van der Waals surface area (Å²) in [5.74, 6) is 0.110. The van der Waals surface area contributed by atoms with E-state index in [1.807, 2.05) is 51.4 Å². The predicted octanol–water partition coefficient (Wildman–Crippen LogP) is 2.20. The molecule has 0 aromatic heterocycles. The van der Waals surface area contributed by atoms with Crippen molar-refractivity contribution in [2.45, 2.75) is 13.3 Å². The SMILES string of the molecule is CC(CC(=O)c1ccccc1)=NN(C)C. The molecule has 80 valence electrons. The second kappa shape index (κ2) is 5.29. The summed E-state index contributed by atoms with van der Waals surface area (Å²) in [6.45, 7) is 1.86. The van der Waals surface area contributed by atoms with Crippen LogP contribution in [-0.4, -0.2) is 30.6 Å². The van der Waals surface area contributed by atoms with E-state index in [0.717, 1.165) is 11.3 Å². The van der Waals surface area contributed by atoms with E-state index in [1.54, 1.807) is 5.01 Å². The highest BCUT2D eigenvalue weighted by Gasteiger charge is 2.06. The topological polar surface area (TPSA) is 32.7 Å². The lowest BCUT2D eigenvalue weighted by molar-refractivity contribution is 0.1000. The average Bonchev–Trinajstić information content (AvgIpc) is 2.17. The highest BCUT2D eigenvalue weighted by atomic mass is 16.1. The Hall–Kier alpha value is -1.64. The molecular weight excluding hydrogens is 188 g/mol. The van der Waals surface area contributed by atoms with Gasteiger partial charge in [-0.15, -0.1) is 0 Å². The monoisotopic (exact) mass is 204 g/mol. The van der Waals surface area contributed by atoms with E-state index in [9.17, 15) is 4.79 Å². The first kappa shape index (κ1) is 11.4. The Morgan fingerprint density at radius 2 is 1.87 bits per heavy atom. The van der Waals surface area contributed by atoms with Gasteiger partial charge in [-0.1, -0.05) is 30.3 Å². The van der Waals surface area contributed by atoms with Crippen molar-refractivity contribution in [1.82, 2.24) is 5.01 Å². The molecule has 0 spiro atoms. The summed E-state index contributed by atoms with van der Waals surface area (Å²) in [5, 5.41) is 5.87.